The van der Waals surface area contributed by atoms with Crippen molar-refractivity contribution in [2.24, 2.45) is 10.2 Å². The zero-order valence-electron chi connectivity index (χ0n) is 12.8. The summed E-state index contributed by atoms with van der Waals surface area (Å²) < 4.78 is 24.0. The molecule has 1 aromatic rings. The fourth-order valence-corrected chi connectivity index (χ4v) is 2.78. The van der Waals surface area contributed by atoms with Crippen LogP contribution < -0.4 is 14.8 Å². The monoisotopic (exact) mass is 355 g/mol. The average molecular weight is 355 g/mol. The molecule has 1 atom stereocenters. The van der Waals surface area contributed by atoms with E-state index >= 15 is 0 Å². The Morgan fingerprint density at radius 2 is 2.21 bits per heavy atom. The third-order valence-corrected chi connectivity index (χ3v) is 4.06. The Balaban J connectivity index is 2.15. The van der Waals surface area contributed by atoms with Gasteiger partial charge in [0.1, 0.15) is 22.6 Å². The second-order valence-corrected chi connectivity index (χ2v) is 5.76. The van der Waals surface area contributed by atoms with Crippen LogP contribution in [-0.4, -0.2) is 47.8 Å². The molecule has 0 aromatic heterocycles. The molecule has 0 saturated carbocycles. The largest absolute Gasteiger partial charge is 0.497 e. The molecule has 2 rings (SSSR count). The van der Waals surface area contributed by atoms with Gasteiger partial charge in [-0.25, -0.2) is 4.39 Å². The van der Waals surface area contributed by atoms with Crippen molar-refractivity contribution in [1.82, 2.24) is 5.32 Å². The fourth-order valence-electron chi connectivity index (χ4n) is 1.87. The van der Waals surface area contributed by atoms with E-state index in [1.165, 1.54) is 26.4 Å². The number of amidine groups is 1. The summed E-state index contributed by atoms with van der Waals surface area (Å²) in [7, 11) is 2.78. The van der Waals surface area contributed by atoms with Gasteiger partial charge in [-0.05, 0) is 0 Å². The number of ether oxygens (including phenoxy) is 2. The minimum atomic E-state index is -1.09. The quantitative estimate of drug-likeness (QED) is 0.587. The Hall–Kier alpha value is -2.62. The van der Waals surface area contributed by atoms with Crippen LogP contribution in [0.3, 0.4) is 0 Å². The van der Waals surface area contributed by atoms with Crippen LogP contribution in [0, 0.1) is 5.82 Å². The average Bonchev–Trinajstić information content (AvgIpc) is 2.87. The summed E-state index contributed by atoms with van der Waals surface area (Å²) in [6, 6.07) is 2.67. The van der Waals surface area contributed by atoms with E-state index < -0.39 is 22.9 Å². The van der Waals surface area contributed by atoms with Crippen LogP contribution in [0.4, 0.5) is 4.39 Å². The molecule has 1 amide bonds. The van der Waals surface area contributed by atoms with Crippen LogP contribution in [0.25, 0.3) is 0 Å². The Kier molecular flexibility index (Phi) is 5.74. The number of methoxy groups -OCH3 is 2. The maximum Gasteiger partial charge on any atom is 0.305 e. The number of carbonyl (C=O) groups excluding carboxylic acids is 1. The van der Waals surface area contributed by atoms with Crippen LogP contribution >= 0.6 is 11.8 Å². The molecule has 0 radical (unpaired) electrons. The van der Waals surface area contributed by atoms with E-state index in [2.05, 4.69) is 15.5 Å². The number of nitrogens with one attached hydrogen (secondary N) is 1. The van der Waals surface area contributed by atoms with E-state index in [9.17, 15) is 14.0 Å². The number of carboxylic acids is 1. The second-order valence-electron chi connectivity index (χ2n) is 4.57. The van der Waals surface area contributed by atoms with Gasteiger partial charge in [-0.1, -0.05) is 11.8 Å². The molecule has 2 N–H and O–H groups in total. The molecule has 0 bridgehead atoms. The first-order chi connectivity index (χ1) is 11.4. The van der Waals surface area contributed by atoms with E-state index in [0.29, 0.717) is 5.75 Å². The van der Waals surface area contributed by atoms with Crippen LogP contribution in [0.15, 0.2) is 22.3 Å². The van der Waals surface area contributed by atoms with Gasteiger partial charge in [0.15, 0.2) is 5.17 Å². The van der Waals surface area contributed by atoms with E-state index in [1.807, 2.05) is 0 Å². The molecule has 1 aliphatic heterocycles. The number of benzene rings is 1. The SMILES string of the molecule is COc1cc(F)c(C=NN=C2NC(=O)C(CC(=O)O)S2)c(OC)c1. The van der Waals surface area contributed by atoms with Crippen molar-refractivity contribution in [3.8, 4) is 11.5 Å². The smallest absolute Gasteiger partial charge is 0.305 e. The first kappa shape index (κ1) is 17.7. The highest BCUT2D eigenvalue weighted by Gasteiger charge is 2.32. The van der Waals surface area contributed by atoms with Crippen molar-refractivity contribution >= 4 is 35.0 Å². The van der Waals surface area contributed by atoms with Crippen LogP contribution in [-0.2, 0) is 9.59 Å². The highest BCUT2D eigenvalue weighted by molar-refractivity contribution is 8.15. The van der Waals surface area contributed by atoms with Gasteiger partial charge in [-0.15, -0.1) is 5.10 Å². The van der Waals surface area contributed by atoms with Gasteiger partial charge < -0.3 is 19.9 Å². The molecule has 1 aromatic carbocycles. The molecule has 1 unspecified atom stereocenters. The Labute approximate surface area is 140 Å². The number of hydrogen-bond acceptors (Lipinski definition) is 7. The maximum atomic E-state index is 14.0. The first-order valence-corrected chi connectivity index (χ1v) is 7.54. The van der Waals surface area contributed by atoms with Crippen LogP contribution in [0.1, 0.15) is 12.0 Å². The molecule has 24 heavy (non-hydrogen) atoms. The topological polar surface area (TPSA) is 110 Å². The molecule has 0 aliphatic carbocycles. The lowest BCUT2D eigenvalue weighted by atomic mass is 10.2. The van der Waals surface area contributed by atoms with Gasteiger partial charge in [-0.3, -0.25) is 9.59 Å². The van der Waals surface area contributed by atoms with Crippen molar-refractivity contribution in [3.05, 3.63) is 23.5 Å². The minimum absolute atomic E-state index is 0.0686. The number of halogens is 1. The third-order valence-electron chi connectivity index (χ3n) is 2.99. The zero-order valence-corrected chi connectivity index (χ0v) is 13.6. The van der Waals surface area contributed by atoms with Gasteiger partial charge in [0, 0.05) is 12.1 Å². The van der Waals surface area contributed by atoms with Crippen molar-refractivity contribution in [1.29, 1.82) is 0 Å². The Bertz CT molecular complexity index is 723. The van der Waals surface area contributed by atoms with E-state index in [1.54, 1.807) is 0 Å². The Morgan fingerprint density at radius 1 is 1.46 bits per heavy atom. The summed E-state index contributed by atoms with van der Waals surface area (Å²) in [5, 5.41) is 18.0. The van der Waals surface area contributed by atoms with E-state index in [4.69, 9.17) is 14.6 Å². The number of nitrogens with zero attached hydrogens (tertiary/aromatic N) is 2. The van der Waals surface area contributed by atoms with Crippen molar-refractivity contribution in [3.63, 3.8) is 0 Å². The van der Waals surface area contributed by atoms with Crippen LogP contribution in [0.5, 0.6) is 11.5 Å². The molecule has 1 heterocycles. The number of carbonyl (C=O) groups is 2. The highest BCUT2D eigenvalue weighted by Crippen LogP contribution is 2.27. The van der Waals surface area contributed by atoms with Gasteiger partial charge in [0.05, 0.1) is 32.4 Å². The first-order valence-electron chi connectivity index (χ1n) is 6.66. The lowest BCUT2D eigenvalue weighted by Gasteiger charge is -2.08. The van der Waals surface area contributed by atoms with Crippen molar-refractivity contribution in [2.45, 2.75) is 11.7 Å². The van der Waals surface area contributed by atoms with Gasteiger partial charge in [0.2, 0.25) is 5.91 Å². The van der Waals surface area contributed by atoms with Crippen molar-refractivity contribution in [2.75, 3.05) is 14.2 Å². The predicted molar refractivity (Wildman–Crippen MR) is 86.3 cm³/mol. The number of rotatable bonds is 6. The number of amides is 1. The highest BCUT2D eigenvalue weighted by atomic mass is 32.2. The lowest BCUT2D eigenvalue weighted by molar-refractivity contribution is -0.138. The standard InChI is InChI=1S/C14H14FN3O5S/c1-22-7-3-9(15)8(10(4-7)23-2)6-16-18-14-17-13(21)11(24-14)5-12(19)20/h3-4,6,11H,5H2,1-2H3,(H,19,20)(H,17,18,21). The van der Waals surface area contributed by atoms with Crippen molar-refractivity contribution < 1.29 is 28.6 Å². The summed E-state index contributed by atoms with van der Waals surface area (Å²) in [5.74, 6) is -1.64. The van der Waals surface area contributed by atoms with Gasteiger partial charge >= 0.3 is 5.97 Å². The minimum Gasteiger partial charge on any atom is -0.497 e. The normalized spacial score (nSPS) is 18.9. The predicted octanol–water partition coefficient (Wildman–Crippen LogP) is 1.24. The molecule has 10 heteroatoms. The number of aliphatic carboxylic acids is 1. The van der Waals surface area contributed by atoms with Crippen LogP contribution in [0.2, 0.25) is 0 Å². The lowest BCUT2D eigenvalue weighted by Crippen LogP contribution is -2.26. The van der Waals surface area contributed by atoms with E-state index in [-0.39, 0.29) is 22.9 Å². The molecular weight excluding hydrogens is 341 g/mol. The zero-order chi connectivity index (χ0) is 17.7. The summed E-state index contributed by atoms with van der Waals surface area (Å²) in [4.78, 5) is 22.2. The number of carboxylic acid groups (broad SMARTS) is 1. The summed E-state index contributed by atoms with van der Waals surface area (Å²) in [6.07, 6.45) is 0.817. The maximum absolute atomic E-state index is 14.0. The summed E-state index contributed by atoms with van der Waals surface area (Å²) >= 11 is 0.952. The molecule has 1 fully saturated rings. The Morgan fingerprint density at radius 3 is 2.83 bits per heavy atom. The second kappa shape index (κ2) is 7.77. The summed E-state index contributed by atoms with van der Waals surface area (Å²) in [6.45, 7) is 0. The van der Waals surface area contributed by atoms with E-state index in [0.717, 1.165) is 18.0 Å². The fraction of sp³-hybridized carbons (Fsp3) is 0.286. The molecule has 8 nitrogen and oxygen atoms in total. The van der Waals surface area contributed by atoms with Gasteiger partial charge in [-0.2, -0.15) is 5.10 Å². The molecule has 1 saturated heterocycles. The molecule has 0 spiro atoms. The summed E-state index contributed by atoms with van der Waals surface area (Å²) in [5.41, 5.74) is 0.0686. The third kappa shape index (κ3) is 4.22. The molecule has 128 valence electrons. The molecular formula is C14H14FN3O5S. The molecule has 1 aliphatic rings. The number of thioether (sulfide) groups is 1. The van der Waals surface area contributed by atoms with Gasteiger partial charge in [0.25, 0.3) is 0 Å². The number of hydrogen-bond donors (Lipinski definition) is 2.